The van der Waals surface area contributed by atoms with Gasteiger partial charge in [0.2, 0.25) is 0 Å². The molecule has 0 saturated heterocycles. The van der Waals surface area contributed by atoms with Crippen LogP contribution in [0, 0.1) is 5.82 Å². The minimum absolute atomic E-state index is 0.0868. The Morgan fingerprint density at radius 2 is 2.00 bits per heavy atom. The molecule has 1 aromatic rings. The number of amides is 1. The Morgan fingerprint density at radius 1 is 1.30 bits per heavy atom. The van der Waals surface area contributed by atoms with E-state index >= 15 is 0 Å². The first-order valence-corrected chi connectivity index (χ1v) is 6.87. The summed E-state index contributed by atoms with van der Waals surface area (Å²) in [4.78, 5) is 22.1. The van der Waals surface area contributed by atoms with Crippen molar-refractivity contribution >= 4 is 12.4 Å². The van der Waals surface area contributed by atoms with E-state index in [0.717, 1.165) is 12.1 Å². The average Bonchev–Trinajstić information content (AvgIpc) is 2.45. The smallest absolute Gasteiger partial charge is 0.407 e. The summed E-state index contributed by atoms with van der Waals surface area (Å²) >= 11 is 0. The van der Waals surface area contributed by atoms with Crippen molar-refractivity contribution in [3.8, 4) is 5.75 Å². The number of carbonyl (C=O) groups is 2. The molecule has 1 rings (SSSR count). The molecule has 1 N–H and O–H groups in total. The Hall–Kier alpha value is -2.44. The molecule has 0 aliphatic heterocycles. The molecule has 0 fully saturated rings. The fourth-order valence-electron chi connectivity index (χ4n) is 1.53. The number of hydrogen-bond donors (Lipinski definition) is 1. The number of benzene rings is 1. The van der Waals surface area contributed by atoms with Crippen LogP contribution < -0.4 is 10.1 Å². The topological polar surface area (TPSA) is 64.6 Å². The highest BCUT2D eigenvalue weighted by atomic mass is 19.1. The van der Waals surface area contributed by atoms with Gasteiger partial charge in [0.25, 0.3) is 0 Å². The third-order valence-electron chi connectivity index (χ3n) is 2.47. The van der Waals surface area contributed by atoms with Crippen molar-refractivity contribution < 1.29 is 27.8 Å². The molecule has 1 aromatic carbocycles. The first-order chi connectivity index (χ1) is 10.7. The van der Waals surface area contributed by atoms with E-state index in [2.05, 4.69) is 5.32 Å². The van der Waals surface area contributed by atoms with Gasteiger partial charge in [0, 0.05) is 23.7 Å². The lowest BCUT2D eigenvalue weighted by atomic mass is 10.2. The zero-order valence-electron chi connectivity index (χ0n) is 13.2. The van der Waals surface area contributed by atoms with Crippen molar-refractivity contribution in [3.63, 3.8) is 0 Å². The minimum atomic E-state index is -0.689. The molecule has 0 aliphatic rings. The third kappa shape index (κ3) is 7.39. The van der Waals surface area contributed by atoms with Crippen LogP contribution in [0.3, 0.4) is 0 Å². The van der Waals surface area contributed by atoms with Gasteiger partial charge in [-0.15, -0.1) is 0 Å². The lowest BCUT2D eigenvalue weighted by Gasteiger charge is -2.20. The monoisotopic (exact) mass is 327 g/mol. The molecule has 0 unspecified atom stereocenters. The molecule has 0 bridgehead atoms. The molecular formula is C16H19F2NO4. The Balaban J connectivity index is 2.53. The summed E-state index contributed by atoms with van der Waals surface area (Å²) in [6, 6.07) is 3.45. The van der Waals surface area contributed by atoms with E-state index in [4.69, 9.17) is 9.47 Å². The van der Waals surface area contributed by atoms with Crippen LogP contribution in [0.25, 0.3) is 0 Å². The second kappa shape index (κ2) is 8.26. The van der Waals surface area contributed by atoms with Crippen LogP contribution >= 0.6 is 0 Å². The van der Waals surface area contributed by atoms with E-state index in [-0.39, 0.29) is 36.4 Å². The molecule has 0 spiro atoms. The second-order valence-corrected chi connectivity index (χ2v) is 5.75. The van der Waals surface area contributed by atoms with Crippen LogP contribution in [-0.4, -0.2) is 31.1 Å². The molecule has 0 aliphatic carbocycles. The molecule has 126 valence electrons. The van der Waals surface area contributed by atoms with Crippen LogP contribution in [0.5, 0.6) is 5.75 Å². The molecule has 23 heavy (non-hydrogen) atoms. The number of ether oxygens (including phenoxy) is 2. The number of carbonyl (C=O) groups excluding carboxylic acids is 2. The van der Waals surface area contributed by atoms with Gasteiger partial charge in [-0.1, -0.05) is 0 Å². The van der Waals surface area contributed by atoms with Crippen molar-refractivity contribution in [2.75, 3.05) is 13.2 Å². The number of alkyl carbamates (subject to hydrolysis) is 1. The standard InChI is InChI=1S/C16H19F2NO4/c1-16(2,3)23-15(21)19-8-12(7-17)10-22-14-5-11(9-20)4-13(18)6-14/h4-7,9H,8,10H2,1-3H3,(H,19,21)/b12-7+. The van der Waals surface area contributed by atoms with Crippen LogP contribution in [0.15, 0.2) is 30.1 Å². The van der Waals surface area contributed by atoms with Crippen LogP contribution in [0.1, 0.15) is 31.1 Å². The van der Waals surface area contributed by atoms with E-state index in [1.807, 2.05) is 0 Å². The lowest BCUT2D eigenvalue weighted by molar-refractivity contribution is 0.0531. The van der Waals surface area contributed by atoms with Gasteiger partial charge < -0.3 is 14.8 Å². The van der Waals surface area contributed by atoms with Crippen molar-refractivity contribution in [2.45, 2.75) is 26.4 Å². The Kier molecular flexibility index (Phi) is 6.68. The Bertz CT molecular complexity index is 594. The number of hydrogen-bond acceptors (Lipinski definition) is 4. The van der Waals surface area contributed by atoms with Crippen LogP contribution in [0.2, 0.25) is 0 Å². The largest absolute Gasteiger partial charge is 0.489 e. The quantitative estimate of drug-likeness (QED) is 0.813. The molecule has 0 heterocycles. The van der Waals surface area contributed by atoms with E-state index in [1.165, 1.54) is 6.07 Å². The summed E-state index contributed by atoms with van der Waals surface area (Å²) in [5.74, 6) is -0.550. The van der Waals surface area contributed by atoms with Crippen molar-refractivity contribution in [2.24, 2.45) is 0 Å². The fourth-order valence-corrected chi connectivity index (χ4v) is 1.53. The van der Waals surface area contributed by atoms with Gasteiger partial charge in [0.05, 0.1) is 6.33 Å². The number of nitrogens with one attached hydrogen (secondary N) is 1. The minimum Gasteiger partial charge on any atom is -0.489 e. The Labute approximate surface area is 133 Å². The average molecular weight is 327 g/mol. The molecule has 0 saturated carbocycles. The van der Waals surface area contributed by atoms with E-state index in [0.29, 0.717) is 6.29 Å². The highest BCUT2D eigenvalue weighted by Gasteiger charge is 2.16. The van der Waals surface area contributed by atoms with Gasteiger partial charge in [-0.25, -0.2) is 13.6 Å². The van der Waals surface area contributed by atoms with E-state index in [1.54, 1.807) is 20.8 Å². The number of rotatable bonds is 6. The van der Waals surface area contributed by atoms with Gasteiger partial charge in [-0.05, 0) is 32.9 Å². The summed E-state index contributed by atoms with van der Waals surface area (Å²) in [5, 5.41) is 2.38. The normalized spacial score (nSPS) is 11.8. The van der Waals surface area contributed by atoms with Gasteiger partial charge in [-0.3, -0.25) is 4.79 Å². The zero-order valence-corrected chi connectivity index (χ0v) is 13.2. The maximum absolute atomic E-state index is 13.2. The maximum atomic E-state index is 13.2. The molecule has 5 nitrogen and oxygen atoms in total. The predicted molar refractivity (Wildman–Crippen MR) is 80.7 cm³/mol. The SMILES string of the molecule is CC(C)(C)OC(=O)NC/C(=C\F)COc1cc(F)cc(C=O)c1. The molecule has 1 amide bonds. The van der Waals surface area contributed by atoms with E-state index < -0.39 is 17.5 Å². The number of halogens is 2. The molecule has 7 heteroatoms. The first-order valence-electron chi connectivity index (χ1n) is 6.87. The fraction of sp³-hybridized carbons (Fsp3) is 0.375. The van der Waals surface area contributed by atoms with Crippen molar-refractivity contribution in [3.05, 3.63) is 41.5 Å². The molecule has 0 atom stereocenters. The van der Waals surface area contributed by atoms with Crippen LogP contribution in [-0.2, 0) is 4.74 Å². The third-order valence-corrected chi connectivity index (χ3v) is 2.47. The van der Waals surface area contributed by atoms with Gasteiger partial charge in [0.1, 0.15) is 30.1 Å². The summed E-state index contributed by atoms with van der Waals surface area (Å²) in [6.45, 7) is 4.78. The first kappa shape index (κ1) is 18.6. The van der Waals surface area contributed by atoms with Gasteiger partial charge >= 0.3 is 6.09 Å². The van der Waals surface area contributed by atoms with Crippen molar-refractivity contribution in [1.29, 1.82) is 0 Å². The summed E-state index contributed by atoms with van der Waals surface area (Å²) in [5.41, 5.74) is -0.432. The highest BCUT2D eigenvalue weighted by molar-refractivity contribution is 5.75. The van der Waals surface area contributed by atoms with Gasteiger partial charge in [0.15, 0.2) is 0 Å². The summed E-state index contributed by atoms with van der Waals surface area (Å²) in [6.07, 6.45) is 0.0780. The zero-order chi connectivity index (χ0) is 17.5. The van der Waals surface area contributed by atoms with Gasteiger partial charge in [-0.2, -0.15) is 0 Å². The van der Waals surface area contributed by atoms with Crippen LogP contribution in [0.4, 0.5) is 13.6 Å². The second-order valence-electron chi connectivity index (χ2n) is 5.75. The lowest BCUT2D eigenvalue weighted by Crippen LogP contribution is -2.34. The predicted octanol–water partition coefficient (Wildman–Crippen LogP) is 3.40. The Morgan fingerprint density at radius 3 is 2.57 bits per heavy atom. The summed E-state index contributed by atoms with van der Waals surface area (Å²) < 4.78 is 36.3. The van der Waals surface area contributed by atoms with Crippen molar-refractivity contribution in [1.82, 2.24) is 5.32 Å². The summed E-state index contributed by atoms with van der Waals surface area (Å²) in [7, 11) is 0. The maximum Gasteiger partial charge on any atom is 0.407 e. The van der Waals surface area contributed by atoms with E-state index in [9.17, 15) is 18.4 Å². The molecule has 0 radical (unpaired) electrons. The molecule has 0 aromatic heterocycles. The number of aldehydes is 1. The highest BCUT2D eigenvalue weighted by Crippen LogP contribution is 2.16. The molecular weight excluding hydrogens is 308 g/mol.